The summed E-state index contributed by atoms with van der Waals surface area (Å²) in [5.41, 5.74) is 5.36. The van der Waals surface area contributed by atoms with Crippen molar-refractivity contribution >= 4 is 5.91 Å². The fourth-order valence-electron chi connectivity index (χ4n) is 2.05. The second-order valence-electron chi connectivity index (χ2n) is 4.70. The molecule has 1 amide bonds. The molecule has 2 fully saturated rings. The first kappa shape index (κ1) is 11.4. The molecule has 1 saturated carbocycles. The summed E-state index contributed by atoms with van der Waals surface area (Å²) >= 11 is 0. The fourth-order valence-corrected chi connectivity index (χ4v) is 2.05. The summed E-state index contributed by atoms with van der Waals surface area (Å²) in [5.74, 6) is 0.118. The summed E-state index contributed by atoms with van der Waals surface area (Å²) < 4.78 is 0. The van der Waals surface area contributed by atoms with E-state index in [1.54, 1.807) is 0 Å². The van der Waals surface area contributed by atoms with Crippen molar-refractivity contribution in [3.8, 4) is 6.07 Å². The van der Waals surface area contributed by atoms with Crippen LogP contribution < -0.4 is 5.73 Å². The third kappa shape index (κ3) is 2.34. The molecule has 1 aliphatic heterocycles. The van der Waals surface area contributed by atoms with E-state index in [1.807, 2.05) is 4.90 Å². The third-order valence-electron chi connectivity index (χ3n) is 3.41. The van der Waals surface area contributed by atoms with Crippen LogP contribution in [0.15, 0.2) is 0 Å². The maximum atomic E-state index is 11.9. The standard InChI is InChI=1S/C11H18N4O/c12-4-1-5-14-6-8-15(9-7-14)10(16)11(13)2-3-11/h1-3,5-9,13H2. The van der Waals surface area contributed by atoms with Crippen molar-refractivity contribution in [3.05, 3.63) is 0 Å². The van der Waals surface area contributed by atoms with Gasteiger partial charge in [0.25, 0.3) is 0 Å². The zero-order chi connectivity index (χ0) is 11.6. The lowest BCUT2D eigenvalue weighted by Crippen LogP contribution is -2.54. The van der Waals surface area contributed by atoms with E-state index in [-0.39, 0.29) is 5.91 Å². The molecular weight excluding hydrogens is 204 g/mol. The predicted molar refractivity (Wildman–Crippen MR) is 59.4 cm³/mol. The Hall–Kier alpha value is -1.12. The van der Waals surface area contributed by atoms with Crippen molar-refractivity contribution in [1.29, 1.82) is 5.26 Å². The number of hydrogen-bond acceptors (Lipinski definition) is 4. The Balaban J connectivity index is 1.77. The van der Waals surface area contributed by atoms with Crippen LogP contribution in [0, 0.1) is 11.3 Å². The molecule has 0 unspecified atom stereocenters. The Kier molecular flexibility index (Phi) is 3.13. The third-order valence-corrected chi connectivity index (χ3v) is 3.41. The molecule has 1 aliphatic carbocycles. The van der Waals surface area contributed by atoms with E-state index >= 15 is 0 Å². The molecule has 0 spiro atoms. The predicted octanol–water partition coefficient (Wildman–Crippen LogP) is -0.464. The molecule has 2 N–H and O–H groups in total. The lowest BCUT2D eigenvalue weighted by atomic mass is 10.2. The van der Waals surface area contributed by atoms with E-state index in [0.29, 0.717) is 6.42 Å². The van der Waals surface area contributed by atoms with E-state index < -0.39 is 5.54 Å². The highest BCUT2D eigenvalue weighted by Gasteiger charge is 2.48. The summed E-state index contributed by atoms with van der Waals surface area (Å²) in [5, 5.41) is 8.49. The van der Waals surface area contributed by atoms with E-state index in [9.17, 15) is 4.79 Å². The van der Waals surface area contributed by atoms with E-state index in [2.05, 4.69) is 11.0 Å². The van der Waals surface area contributed by atoms with Crippen LogP contribution in [-0.4, -0.2) is 54.0 Å². The molecule has 2 rings (SSSR count). The van der Waals surface area contributed by atoms with E-state index in [1.165, 1.54) is 0 Å². The highest BCUT2D eigenvalue weighted by atomic mass is 16.2. The molecule has 0 atom stereocenters. The molecule has 0 aromatic rings. The van der Waals surface area contributed by atoms with Crippen molar-refractivity contribution in [3.63, 3.8) is 0 Å². The molecule has 0 aromatic carbocycles. The molecular formula is C11H18N4O. The molecule has 1 heterocycles. The summed E-state index contributed by atoms with van der Waals surface area (Å²) in [6.45, 7) is 4.05. The summed E-state index contributed by atoms with van der Waals surface area (Å²) in [7, 11) is 0. The monoisotopic (exact) mass is 222 g/mol. The number of nitrogens with zero attached hydrogens (tertiary/aromatic N) is 3. The maximum absolute atomic E-state index is 11.9. The molecule has 88 valence electrons. The number of nitrogens with two attached hydrogens (primary N) is 1. The lowest BCUT2D eigenvalue weighted by molar-refractivity contribution is -0.135. The van der Waals surface area contributed by atoms with Crippen molar-refractivity contribution < 1.29 is 4.79 Å². The molecule has 5 nitrogen and oxygen atoms in total. The van der Waals surface area contributed by atoms with Gasteiger partial charge in [-0.25, -0.2) is 0 Å². The normalized spacial score (nSPS) is 23.9. The number of rotatable bonds is 3. The first-order valence-electron chi connectivity index (χ1n) is 5.83. The highest BCUT2D eigenvalue weighted by molar-refractivity contribution is 5.89. The van der Waals surface area contributed by atoms with E-state index in [4.69, 9.17) is 11.0 Å². The van der Waals surface area contributed by atoms with Gasteiger partial charge < -0.3 is 10.6 Å². The SMILES string of the molecule is N#CCCN1CCN(C(=O)C2(N)CC2)CC1. The molecule has 0 bridgehead atoms. The number of nitriles is 1. The smallest absolute Gasteiger partial charge is 0.242 e. The van der Waals surface area contributed by atoms with Crippen LogP contribution in [0.4, 0.5) is 0 Å². The van der Waals surface area contributed by atoms with E-state index in [0.717, 1.165) is 45.6 Å². The number of carbonyl (C=O) groups is 1. The lowest BCUT2D eigenvalue weighted by Gasteiger charge is -2.35. The van der Waals surface area contributed by atoms with Gasteiger partial charge in [0.15, 0.2) is 0 Å². The summed E-state index contributed by atoms with van der Waals surface area (Å²) in [6, 6.07) is 2.14. The Morgan fingerprint density at radius 3 is 2.44 bits per heavy atom. The Morgan fingerprint density at radius 2 is 1.94 bits per heavy atom. The van der Waals surface area contributed by atoms with Crippen LogP contribution in [0.1, 0.15) is 19.3 Å². The van der Waals surface area contributed by atoms with Gasteiger partial charge >= 0.3 is 0 Å². The minimum absolute atomic E-state index is 0.118. The average Bonchev–Trinajstić information content (AvgIpc) is 3.06. The fraction of sp³-hybridized carbons (Fsp3) is 0.818. The number of hydrogen-bond donors (Lipinski definition) is 1. The molecule has 1 saturated heterocycles. The van der Waals surface area contributed by atoms with Crippen molar-refractivity contribution in [2.45, 2.75) is 24.8 Å². The summed E-state index contributed by atoms with van der Waals surface area (Å²) in [6.07, 6.45) is 2.23. The highest BCUT2D eigenvalue weighted by Crippen LogP contribution is 2.34. The summed E-state index contributed by atoms with van der Waals surface area (Å²) in [4.78, 5) is 16.0. The Bertz CT molecular complexity index is 310. The Morgan fingerprint density at radius 1 is 1.31 bits per heavy atom. The Labute approximate surface area is 95.8 Å². The second-order valence-corrected chi connectivity index (χ2v) is 4.70. The largest absolute Gasteiger partial charge is 0.339 e. The maximum Gasteiger partial charge on any atom is 0.242 e. The first-order valence-corrected chi connectivity index (χ1v) is 5.83. The minimum atomic E-state index is -0.533. The first-order chi connectivity index (χ1) is 7.65. The van der Waals surface area contributed by atoms with Gasteiger partial charge in [-0.05, 0) is 12.8 Å². The van der Waals surface area contributed by atoms with Crippen LogP contribution in [-0.2, 0) is 4.79 Å². The van der Waals surface area contributed by atoms with Gasteiger partial charge in [-0.3, -0.25) is 9.69 Å². The van der Waals surface area contributed by atoms with Gasteiger partial charge in [0.1, 0.15) is 0 Å². The average molecular weight is 222 g/mol. The molecule has 16 heavy (non-hydrogen) atoms. The molecule has 0 aromatic heterocycles. The molecule has 2 aliphatic rings. The number of carbonyl (C=O) groups excluding carboxylic acids is 1. The van der Waals surface area contributed by atoms with Gasteiger partial charge in [0, 0.05) is 39.1 Å². The molecule has 0 radical (unpaired) electrons. The zero-order valence-electron chi connectivity index (χ0n) is 9.48. The molecule has 5 heteroatoms. The van der Waals surface area contributed by atoms with Crippen LogP contribution in [0.2, 0.25) is 0 Å². The van der Waals surface area contributed by atoms with Crippen LogP contribution in [0.3, 0.4) is 0 Å². The van der Waals surface area contributed by atoms with Gasteiger partial charge in [-0.2, -0.15) is 5.26 Å². The van der Waals surface area contributed by atoms with Crippen molar-refractivity contribution in [1.82, 2.24) is 9.80 Å². The van der Waals surface area contributed by atoms with Crippen LogP contribution in [0.25, 0.3) is 0 Å². The minimum Gasteiger partial charge on any atom is -0.339 e. The van der Waals surface area contributed by atoms with Gasteiger partial charge in [-0.1, -0.05) is 0 Å². The van der Waals surface area contributed by atoms with Crippen molar-refractivity contribution in [2.24, 2.45) is 5.73 Å². The van der Waals surface area contributed by atoms with Crippen LogP contribution in [0.5, 0.6) is 0 Å². The van der Waals surface area contributed by atoms with Gasteiger partial charge in [-0.15, -0.1) is 0 Å². The number of piperazine rings is 1. The number of amides is 1. The quantitative estimate of drug-likeness (QED) is 0.701. The van der Waals surface area contributed by atoms with Crippen LogP contribution >= 0.6 is 0 Å². The van der Waals surface area contributed by atoms with Crippen molar-refractivity contribution in [2.75, 3.05) is 32.7 Å². The van der Waals surface area contributed by atoms with Gasteiger partial charge in [0.05, 0.1) is 11.6 Å². The topological polar surface area (TPSA) is 73.4 Å². The van der Waals surface area contributed by atoms with Gasteiger partial charge in [0.2, 0.25) is 5.91 Å². The zero-order valence-corrected chi connectivity index (χ0v) is 9.48. The second kappa shape index (κ2) is 4.40.